The van der Waals surface area contributed by atoms with Gasteiger partial charge in [-0.2, -0.15) is 0 Å². The van der Waals surface area contributed by atoms with Crippen LogP contribution in [0.15, 0.2) is 42.5 Å². The lowest BCUT2D eigenvalue weighted by Gasteiger charge is -2.11. The zero-order chi connectivity index (χ0) is 16.4. The van der Waals surface area contributed by atoms with Crippen LogP contribution in [-0.4, -0.2) is 11.9 Å². The SMILES string of the molecule is O=C(Nc1ccc(F)c(F)c1)C1CC(c2cccc(Cl)c2)NN1. The molecule has 1 saturated heterocycles. The fourth-order valence-corrected chi connectivity index (χ4v) is 2.67. The predicted octanol–water partition coefficient (Wildman–Crippen LogP) is 3.16. The molecule has 0 saturated carbocycles. The smallest absolute Gasteiger partial charge is 0.242 e. The van der Waals surface area contributed by atoms with Gasteiger partial charge < -0.3 is 5.32 Å². The zero-order valence-corrected chi connectivity index (χ0v) is 12.7. The molecule has 1 aliphatic heterocycles. The lowest BCUT2D eigenvalue weighted by Crippen LogP contribution is -2.39. The molecule has 1 amide bonds. The summed E-state index contributed by atoms with van der Waals surface area (Å²) in [5.41, 5.74) is 7.11. The Kier molecular flexibility index (Phi) is 4.56. The first-order valence-corrected chi connectivity index (χ1v) is 7.43. The van der Waals surface area contributed by atoms with Crippen molar-refractivity contribution in [2.24, 2.45) is 0 Å². The van der Waals surface area contributed by atoms with E-state index in [2.05, 4.69) is 16.2 Å². The normalized spacial score (nSPS) is 20.5. The van der Waals surface area contributed by atoms with Crippen molar-refractivity contribution in [3.05, 3.63) is 64.7 Å². The summed E-state index contributed by atoms with van der Waals surface area (Å²) in [6, 6.07) is 10.0. The molecule has 23 heavy (non-hydrogen) atoms. The van der Waals surface area contributed by atoms with Crippen molar-refractivity contribution >= 4 is 23.2 Å². The zero-order valence-electron chi connectivity index (χ0n) is 11.9. The molecule has 2 atom stereocenters. The van der Waals surface area contributed by atoms with Gasteiger partial charge in [0.05, 0.1) is 0 Å². The molecule has 7 heteroatoms. The van der Waals surface area contributed by atoms with E-state index in [0.29, 0.717) is 11.4 Å². The van der Waals surface area contributed by atoms with Gasteiger partial charge in [0.2, 0.25) is 5.91 Å². The van der Waals surface area contributed by atoms with Crippen LogP contribution in [0, 0.1) is 11.6 Å². The van der Waals surface area contributed by atoms with Crippen LogP contribution in [-0.2, 0) is 4.79 Å². The fraction of sp³-hybridized carbons (Fsp3) is 0.188. The Balaban J connectivity index is 1.64. The summed E-state index contributed by atoms with van der Waals surface area (Å²) in [4.78, 5) is 12.2. The number of hydrogen-bond donors (Lipinski definition) is 3. The third-order valence-corrected chi connectivity index (χ3v) is 3.89. The number of hydrogen-bond acceptors (Lipinski definition) is 3. The predicted molar refractivity (Wildman–Crippen MR) is 83.9 cm³/mol. The molecule has 1 heterocycles. The third-order valence-electron chi connectivity index (χ3n) is 3.66. The largest absolute Gasteiger partial charge is 0.325 e. The van der Waals surface area contributed by atoms with Crippen molar-refractivity contribution in [3.63, 3.8) is 0 Å². The second-order valence-corrected chi connectivity index (χ2v) is 5.74. The molecule has 1 aliphatic rings. The average molecular weight is 338 g/mol. The lowest BCUT2D eigenvalue weighted by molar-refractivity contribution is -0.117. The van der Waals surface area contributed by atoms with E-state index in [0.717, 1.165) is 17.7 Å². The molecule has 0 bridgehead atoms. The van der Waals surface area contributed by atoms with E-state index in [-0.39, 0.29) is 17.6 Å². The molecular formula is C16H14ClF2N3O. The highest BCUT2D eigenvalue weighted by atomic mass is 35.5. The minimum atomic E-state index is -1.00. The second kappa shape index (κ2) is 6.62. The molecule has 0 aliphatic carbocycles. The Morgan fingerprint density at radius 3 is 2.70 bits per heavy atom. The summed E-state index contributed by atoms with van der Waals surface area (Å²) in [6.07, 6.45) is 0.510. The highest BCUT2D eigenvalue weighted by Crippen LogP contribution is 2.25. The van der Waals surface area contributed by atoms with E-state index in [1.165, 1.54) is 6.07 Å². The maximum Gasteiger partial charge on any atom is 0.242 e. The van der Waals surface area contributed by atoms with Crippen molar-refractivity contribution < 1.29 is 13.6 Å². The molecule has 120 valence electrons. The van der Waals surface area contributed by atoms with E-state index >= 15 is 0 Å². The van der Waals surface area contributed by atoms with Crippen LogP contribution in [0.1, 0.15) is 18.0 Å². The molecule has 0 spiro atoms. The minimum Gasteiger partial charge on any atom is -0.325 e. The van der Waals surface area contributed by atoms with Gasteiger partial charge in [-0.3, -0.25) is 4.79 Å². The second-order valence-electron chi connectivity index (χ2n) is 5.30. The van der Waals surface area contributed by atoms with E-state index in [1.54, 1.807) is 6.07 Å². The van der Waals surface area contributed by atoms with Crippen molar-refractivity contribution in [2.45, 2.75) is 18.5 Å². The van der Waals surface area contributed by atoms with Crippen LogP contribution in [0.3, 0.4) is 0 Å². The van der Waals surface area contributed by atoms with Crippen LogP contribution >= 0.6 is 11.6 Å². The molecule has 1 fully saturated rings. The number of rotatable bonds is 3. The molecule has 3 rings (SSSR count). The average Bonchev–Trinajstić information content (AvgIpc) is 3.01. The summed E-state index contributed by atoms with van der Waals surface area (Å²) >= 11 is 5.96. The summed E-state index contributed by atoms with van der Waals surface area (Å²) in [6.45, 7) is 0. The molecule has 2 aromatic rings. The van der Waals surface area contributed by atoms with Gasteiger partial charge >= 0.3 is 0 Å². The first-order valence-electron chi connectivity index (χ1n) is 7.05. The maximum absolute atomic E-state index is 13.2. The number of anilines is 1. The topological polar surface area (TPSA) is 53.2 Å². The summed E-state index contributed by atoms with van der Waals surface area (Å²) < 4.78 is 26.0. The van der Waals surface area contributed by atoms with E-state index in [1.807, 2.05) is 18.2 Å². The third kappa shape index (κ3) is 3.67. The summed E-state index contributed by atoms with van der Waals surface area (Å²) in [5.74, 6) is -2.28. The highest BCUT2D eigenvalue weighted by Gasteiger charge is 2.30. The molecule has 2 unspecified atom stereocenters. The van der Waals surface area contributed by atoms with Crippen LogP contribution in [0.4, 0.5) is 14.5 Å². The van der Waals surface area contributed by atoms with Gasteiger partial charge in [0.1, 0.15) is 6.04 Å². The van der Waals surface area contributed by atoms with Gasteiger partial charge in [0.15, 0.2) is 11.6 Å². The Bertz CT molecular complexity index is 741. The summed E-state index contributed by atoms with van der Waals surface area (Å²) in [5, 5.41) is 3.19. The van der Waals surface area contributed by atoms with E-state index in [4.69, 9.17) is 11.6 Å². The molecule has 0 aromatic heterocycles. The van der Waals surface area contributed by atoms with Gasteiger partial charge in [0.25, 0.3) is 0 Å². The van der Waals surface area contributed by atoms with Gasteiger partial charge in [-0.15, -0.1) is 0 Å². The number of carbonyl (C=O) groups is 1. The minimum absolute atomic E-state index is 0.0607. The molecular weight excluding hydrogens is 324 g/mol. The van der Waals surface area contributed by atoms with Gasteiger partial charge in [-0.05, 0) is 36.2 Å². The first-order chi connectivity index (χ1) is 11.0. The van der Waals surface area contributed by atoms with Gasteiger partial charge in [-0.1, -0.05) is 23.7 Å². The summed E-state index contributed by atoms with van der Waals surface area (Å²) in [7, 11) is 0. The number of amides is 1. The van der Waals surface area contributed by atoms with Gasteiger partial charge in [0, 0.05) is 22.8 Å². The quantitative estimate of drug-likeness (QED) is 0.806. The van der Waals surface area contributed by atoms with E-state index < -0.39 is 17.7 Å². The Hall–Kier alpha value is -2.02. The fourth-order valence-electron chi connectivity index (χ4n) is 2.47. The van der Waals surface area contributed by atoms with Gasteiger partial charge in [-0.25, -0.2) is 19.6 Å². The number of nitrogens with one attached hydrogen (secondary N) is 3. The molecule has 0 radical (unpaired) electrons. The maximum atomic E-state index is 13.2. The first kappa shape index (κ1) is 15.9. The van der Waals surface area contributed by atoms with Crippen molar-refractivity contribution in [2.75, 3.05) is 5.32 Å². The number of carbonyl (C=O) groups excluding carboxylic acids is 1. The monoisotopic (exact) mass is 337 g/mol. The van der Waals surface area contributed by atoms with Crippen LogP contribution in [0.2, 0.25) is 5.02 Å². The molecule has 2 aromatic carbocycles. The standard InChI is InChI=1S/C16H14ClF2N3O/c17-10-3-1-2-9(6-10)14-8-15(22-21-14)16(23)20-11-4-5-12(18)13(19)7-11/h1-7,14-15,21-22H,8H2,(H,20,23). The van der Waals surface area contributed by atoms with Crippen LogP contribution in [0.25, 0.3) is 0 Å². The Labute approximate surface area is 136 Å². The molecule has 3 N–H and O–H groups in total. The lowest BCUT2D eigenvalue weighted by atomic mass is 10.0. The van der Waals surface area contributed by atoms with Crippen molar-refractivity contribution in [1.29, 1.82) is 0 Å². The van der Waals surface area contributed by atoms with Crippen LogP contribution < -0.4 is 16.2 Å². The number of halogens is 3. The Morgan fingerprint density at radius 1 is 1.13 bits per heavy atom. The number of benzene rings is 2. The van der Waals surface area contributed by atoms with E-state index in [9.17, 15) is 13.6 Å². The number of hydrazine groups is 1. The Morgan fingerprint density at radius 2 is 1.96 bits per heavy atom. The van der Waals surface area contributed by atoms with Crippen molar-refractivity contribution in [3.8, 4) is 0 Å². The van der Waals surface area contributed by atoms with Crippen molar-refractivity contribution in [1.82, 2.24) is 10.9 Å². The highest BCUT2D eigenvalue weighted by molar-refractivity contribution is 6.30. The van der Waals surface area contributed by atoms with Crippen LogP contribution in [0.5, 0.6) is 0 Å². The molecule has 4 nitrogen and oxygen atoms in total.